The van der Waals surface area contributed by atoms with E-state index in [1.807, 2.05) is 0 Å². The molecule has 1 heteroatoms. The average Bonchev–Trinajstić information content (AvgIpc) is 3.53. The predicted octanol–water partition coefficient (Wildman–Crippen LogP) is 12.7. The molecule has 10 aromatic rings. The Morgan fingerprint density at radius 1 is 0.388 bits per heavy atom. The minimum Gasteiger partial charge on any atom is -0.309 e. The molecule has 2 aliphatic rings. The molecule has 9 aromatic carbocycles. The summed E-state index contributed by atoms with van der Waals surface area (Å²) in [5.74, 6) is 0. The number of fused-ring (bicyclic) bond motifs is 7. The van der Waals surface area contributed by atoms with Gasteiger partial charge >= 0.3 is 0 Å². The number of hydrogen-bond donors (Lipinski definition) is 0. The maximum Gasteiger partial charge on any atom is 0.0541 e. The summed E-state index contributed by atoms with van der Waals surface area (Å²) in [5, 5.41) is 10.5. The first-order valence-corrected chi connectivity index (χ1v) is 17.3. The first kappa shape index (κ1) is 25.9. The Hall–Kier alpha value is -6.18. The highest BCUT2D eigenvalue weighted by Gasteiger charge is 2.56. The van der Waals surface area contributed by atoms with E-state index < -0.39 is 0 Å². The van der Waals surface area contributed by atoms with Crippen molar-refractivity contribution in [2.75, 3.05) is 0 Å². The van der Waals surface area contributed by atoms with Crippen molar-refractivity contribution >= 4 is 54.1 Å². The lowest BCUT2D eigenvalue weighted by atomic mass is 9.85. The third-order valence-corrected chi connectivity index (χ3v) is 11.9. The Morgan fingerprint density at radius 3 is 1.57 bits per heavy atom. The molecule has 12 rings (SSSR count). The molecule has 1 aromatic heterocycles. The van der Waals surface area contributed by atoms with Crippen LogP contribution in [0, 0.1) is 0 Å². The normalized spacial score (nSPS) is 15.9. The van der Waals surface area contributed by atoms with Crippen molar-refractivity contribution in [1.29, 1.82) is 0 Å². The summed E-state index contributed by atoms with van der Waals surface area (Å²) in [6, 6.07) is 59.0. The van der Waals surface area contributed by atoms with Crippen LogP contribution in [0.4, 0.5) is 0 Å². The van der Waals surface area contributed by atoms with Gasteiger partial charge in [-0.15, -0.1) is 0 Å². The lowest BCUT2D eigenvalue weighted by molar-refractivity contribution is 0.873. The third kappa shape index (κ3) is 3.12. The smallest absolute Gasteiger partial charge is 0.0541 e. The van der Waals surface area contributed by atoms with Crippen LogP contribution in [0.2, 0.25) is 0 Å². The minimum atomic E-state index is 0.0350. The number of hydrogen-bond acceptors (Lipinski definition) is 0. The molecule has 0 spiro atoms. The summed E-state index contributed by atoms with van der Waals surface area (Å²) in [6.45, 7) is 2.42. The van der Waals surface area contributed by atoms with Crippen LogP contribution < -0.4 is 0 Å². The summed E-state index contributed by atoms with van der Waals surface area (Å²) >= 11 is 0. The zero-order chi connectivity index (χ0) is 32.0. The highest BCUT2D eigenvalue weighted by atomic mass is 15.0. The standard InChI is InChI=1S/C48H29N/c1-48-41-11-5-2-8-34(41)40-27-26-39(46(48)47(40)48)33-23-17-30-18-24-37-32(22-16-29-19-25-38(33)45(30)44(29)37)28-14-20-31(21-15-28)49-42-12-6-3-9-35(42)36-10-4-7-13-43(36)49/h2-27H,1H3. The number of benzene rings is 9. The molecule has 0 saturated heterocycles. The first-order valence-electron chi connectivity index (χ1n) is 17.3. The van der Waals surface area contributed by atoms with Gasteiger partial charge in [0.25, 0.3) is 0 Å². The lowest BCUT2D eigenvalue weighted by Crippen LogP contribution is -2.03. The van der Waals surface area contributed by atoms with Gasteiger partial charge in [-0.25, -0.2) is 0 Å². The highest BCUT2D eigenvalue weighted by Crippen LogP contribution is 2.68. The SMILES string of the molecule is CC12c3ccccc3-c3ccc(-c4ccc5ccc6c(-c7ccc(-n8c9ccccc9c9ccccc98)cc7)ccc7ccc4c5c76)c1c32. The predicted molar refractivity (Wildman–Crippen MR) is 206 cm³/mol. The van der Waals surface area contributed by atoms with Gasteiger partial charge in [0, 0.05) is 21.9 Å². The van der Waals surface area contributed by atoms with Crippen LogP contribution >= 0.6 is 0 Å². The van der Waals surface area contributed by atoms with E-state index in [1.54, 1.807) is 0 Å². The lowest BCUT2D eigenvalue weighted by Gasteiger charge is -2.18. The van der Waals surface area contributed by atoms with E-state index in [4.69, 9.17) is 0 Å². The van der Waals surface area contributed by atoms with E-state index >= 15 is 0 Å². The Bertz CT molecular complexity index is 2990. The van der Waals surface area contributed by atoms with E-state index in [9.17, 15) is 0 Å². The molecule has 0 saturated carbocycles. The molecular formula is C48H29N. The van der Waals surface area contributed by atoms with Crippen LogP contribution in [0.3, 0.4) is 0 Å². The van der Waals surface area contributed by atoms with Gasteiger partial charge in [-0.2, -0.15) is 0 Å². The van der Waals surface area contributed by atoms with Crippen LogP contribution in [-0.4, -0.2) is 4.57 Å². The molecule has 0 bridgehead atoms. The van der Waals surface area contributed by atoms with Gasteiger partial charge in [-0.3, -0.25) is 0 Å². The Kier molecular flexibility index (Phi) is 4.66. The summed E-state index contributed by atoms with van der Waals surface area (Å²) in [5.41, 5.74) is 16.3. The Balaban J connectivity index is 1.03. The quantitative estimate of drug-likeness (QED) is 0.173. The van der Waals surface area contributed by atoms with Crippen molar-refractivity contribution in [1.82, 2.24) is 4.57 Å². The van der Waals surface area contributed by atoms with Crippen molar-refractivity contribution in [3.8, 4) is 39.1 Å². The summed E-state index contributed by atoms with van der Waals surface area (Å²) in [7, 11) is 0. The summed E-state index contributed by atoms with van der Waals surface area (Å²) < 4.78 is 2.39. The van der Waals surface area contributed by atoms with Gasteiger partial charge in [0.1, 0.15) is 0 Å². The second-order valence-corrected chi connectivity index (χ2v) is 14.1. The third-order valence-electron chi connectivity index (χ3n) is 11.9. The fraction of sp³-hybridized carbons (Fsp3) is 0.0417. The number of aromatic nitrogens is 1. The van der Waals surface area contributed by atoms with Gasteiger partial charge in [0.2, 0.25) is 0 Å². The fourth-order valence-corrected chi connectivity index (χ4v) is 9.67. The topological polar surface area (TPSA) is 4.93 Å². The van der Waals surface area contributed by atoms with Crippen LogP contribution in [0.1, 0.15) is 23.6 Å². The number of rotatable bonds is 3. The van der Waals surface area contributed by atoms with Crippen molar-refractivity contribution in [3.63, 3.8) is 0 Å². The molecule has 2 aliphatic carbocycles. The monoisotopic (exact) mass is 619 g/mol. The maximum atomic E-state index is 2.42. The molecule has 0 radical (unpaired) electrons. The van der Waals surface area contributed by atoms with Crippen molar-refractivity contribution in [3.05, 3.63) is 174 Å². The van der Waals surface area contributed by atoms with Crippen molar-refractivity contribution in [2.45, 2.75) is 12.3 Å². The molecule has 1 unspecified atom stereocenters. The van der Waals surface area contributed by atoms with Gasteiger partial charge in [0.15, 0.2) is 0 Å². The molecule has 1 atom stereocenters. The highest BCUT2D eigenvalue weighted by molar-refractivity contribution is 6.28. The second kappa shape index (κ2) is 8.83. The Morgan fingerprint density at radius 2 is 0.898 bits per heavy atom. The van der Waals surface area contributed by atoms with E-state index in [0.717, 1.165) is 0 Å². The number of nitrogens with zero attached hydrogens (tertiary/aromatic N) is 1. The summed E-state index contributed by atoms with van der Waals surface area (Å²) in [6.07, 6.45) is 0. The van der Waals surface area contributed by atoms with E-state index in [1.165, 1.54) is 110 Å². The molecule has 0 N–H and O–H groups in total. The molecule has 0 fully saturated rings. The Labute approximate surface area is 283 Å². The van der Waals surface area contributed by atoms with Crippen molar-refractivity contribution in [2.24, 2.45) is 0 Å². The zero-order valence-corrected chi connectivity index (χ0v) is 27.0. The van der Waals surface area contributed by atoms with Crippen molar-refractivity contribution < 1.29 is 0 Å². The molecule has 1 heterocycles. The molecule has 1 nitrogen and oxygen atoms in total. The van der Waals surface area contributed by atoms with Crippen LogP contribution in [0.25, 0.3) is 93.2 Å². The largest absolute Gasteiger partial charge is 0.309 e. The van der Waals surface area contributed by atoms with Gasteiger partial charge in [-0.05, 0) is 114 Å². The molecule has 0 amide bonds. The van der Waals surface area contributed by atoms with Crippen LogP contribution in [0.15, 0.2) is 158 Å². The van der Waals surface area contributed by atoms with Crippen LogP contribution in [0.5, 0.6) is 0 Å². The summed E-state index contributed by atoms with van der Waals surface area (Å²) in [4.78, 5) is 0. The maximum absolute atomic E-state index is 2.42. The van der Waals surface area contributed by atoms with E-state index in [-0.39, 0.29) is 5.41 Å². The molecule has 49 heavy (non-hydrogen) atoms. The minimum absolute atomic E-state index is 0.0350. The second-order valence-electron chi connectivity index (χ2n) is 14.1. The van der Waals surface area contributed by atoms with E-state index in [2.05, 4.69) is 169 Å². The molecule has 0 aliphatic heterocycles. The fourth-order valence-electron chi connectivity index (χ4n) is 9.67. The van der Waals surface area contributed by atoms with Gasteiger partial charge in [-0.1, -0.05) is 133 Å². The van der Waals surface area contributed by atoms with Crippen LogP contribution in [-0.2, 0) is 5.41 Å². The van der Waals surface area contributed by atoms with Gasteiger partial charge in [0.05, 0.1) is 11.0 Å². The molecule has 226 valence electrons. The zero-order valence-electron chi connectivity index (χ0n) is 27.0. The first-order chi connectivity index (χ1) is 24.2. The van der Waals surface area contributed by atoms with Gasteiger partial charge < -0.3 is 4.57 Å². The average molecular weight is 620 g/mol. The molecular weight excluding hydrogens is 591 g/mol. The van der Waals surface area contributed by atoms with E-state index in [0.29, 0.717) is 0 Å². The number of para-hydroxylation sites is 2.